The lowest BCUT2D eigenvalue weighted by Crippen LogP contribution is -2.48. The molecule has 102 valence electrons. The molecule has 1 aliphatic heterocycles. The molecular formula is C14H28BrNO. The summed E-state index contributed by atoms with van der Waals surface area (Å²) in [7, 11) is 1.85. The molecule has 2 unspecified atom stereocenters. The minimum atomic E-state index is 0.422. The maximum absolute atomic E-state index is 5.60. The molecule has 0 aromatic heterocycles. The molecule has 0 radical (unpaired) electrons. The van der Waals surface area contributed by atoms with Crippen molar-refractivity contribution >= 4 is 15.9 Å². The van der Waals surface area contributed by atoms with Crippen molar-refractivity contribution < 1.29 is 4.74 Å². The third kappa shape index (κ3) is 3.93. The standard InChI is InChI=1S/C14H28BrNO/c1-5-14(6-2,10-15)11-16-8-7-12(3)13(9-16)17-4/h12-13H,5-11H2,1-4H3. The van der Waals surface area contributed by atoms with Crippen molar-refractivity contribution in [2.75, 3.05) is 32.1 Å². The molecular weight excluding hydrogens is 278 g/mol. The zero-order valence-corrected chi connectivity index (χ0v) is 13.4. The molecule has 0 spiro atoms. The fourth-order valence-electron chi connectivity index (χ4n) is 2.73. The van der Waals surface area contributed by atoms with Gasteiger partial charge in [-0.2, -0.15) is 0 Å². The normalized spacial score (nSPS) is 27.4. The van der Waals surface area contributed by atoms with Crippen molar-refractivity contribution in [3.8, 4) is 0 Å². The maximum atomic E-state index is 5.60. The molecule has 0 N–H and O–H groups in total. The van der Waals surface area contributed by atoms with Crippen LogP contribution >= 0.6 is 15.9 Å². The zero-order valence-electron chi connectivity index (χ0n) is 11.8. The van der Waals surface area contributed by atoms with Crippen LogP contribution in [0.25, 0.3) is 0 Å². The van der Waals surface area contributed by atoms with Gasteiger partial charge in [0.05, 0.1) is 6.10 Å². The minimum absolute atomic E-state index is 0.422. The molecule has 2 atom stereocenters. The van der Waals surface area contributed by atoms with Gasteiger partial charge < -0.3 is 9.64 Å². The topological polar surface area (TPSA) is 12.5 Å². The summed E-state index contributed by atoms with van der Waals surface area (Å²) in [5.74, 6) is 0.706. The van der Waals surface area contributed by atoms with Crippen molar-refractivity contribution in [2.45, 2.75) is 46.1 Å². The molecule has 0 aromatic rings. The molecule has 1 saturated heterocycles. The van der Waals surface area contributed by atoms with Gasteiger partial charge in [0, 0.05) is 25.5 Å². The van der Waals surface area contributed by atoms with E-state index in [0.29, 0.717) is 17.4 Å². The van der Waals surface area contributed by atoms with Crippen LogP contribution in [0.3, 0.4) is 0 Å². The summed E-state index contributed by atoms with van der Waals surface area (Å²) in [6.45, 7) is 10.5. The monoisotopic (exact) mass is 305 g/mol. The predicted molar refractivity (Wildman–Crippen MR) is 77.8 cm³/mol. The summed E-state index contributed by atoms with van der Waals surface area (Å²) < 4.78 is 5.60. The lowest BCUT2D eigenvalue weighted by atomic mass is 9.83. The van der Waals surface area contributed by atoms with Crippen molar-refractivity contribution in [3.05, 3.63) is 0 Å². The Morgan fingerprint density at radius 1 is 1.35 bits per heavy atom. The number of hydrogen-bond acceptors (Lipinski definition) is 2. The lowest BCUT2D eigenvalue weighted by Gasteiger charge is -2.41. The maximum Gasteiger partial charge on any atom is 0.0724 e. The summed E-state index contributed by atoms with van der Waals surface area (Å²) in [5, 5.41) is 1.11. The van der Waals surface area contributed by atoms with Gasteiger partial charge in [-0.05, 0) is 37.1 Å². The Hall–Kier alpha value is 0.400. The van der Waals surface area contributed by atoms with E-state index >= 15 is 0 Å². The van der Waals surface area contributed by atoms with Gasteiger partial charge in [-0.1, -0.05) is 36.7 Å². The molecule has 1 heterocycles. The van der Waals surface area contributed by atoms with Crippen LogP contribution in [-0.4, -0.2) is 43.1 Å². The first kappa shape index (κ1) is 15.5. The fourth-order valence-corrected chi connectivity index (χ4v) is 3.70. The average molecular weight is 306 g/mol. The van der Waals surface area contributed by atoms with Gasteiger partial charge in [0.15, 0.2) is 0 Å². The lowest BCUT2D eigenvalue weighted by molar-refractivity contribution is -0.0167. The Labute approximate surface area is 115 Å². The highest BCUT2D eigenvalue weighted by atomic mass is 79.9. The number of alkyl halides is 1. The highest BCUT2D eigenvalue weighted by Gasteiger charge is 2.32. The van der Waals surface area contributed by atoms with Crippen LogP contribution in [0.2, 0.25) is 0 Å². The van der Waals surface area contributed by atoms with E-state index < -0.39 is 0 Å². The summed E-state index contributed by atoms with van der Waals surface area (Å²) >= 11 is 3.71. The van der Waals surface area contributed by atoms with Crippen molar-refractivity contribution in [1.82, 2.24) is 4.90 Å². The van der Waals surface area contributed by atoms with E-state index in [1.165, 1.54) is 32.4 Å². The highest BCUT2D eigenvalue weighted by molar-refractivity contribution is 9.09. The average Bonchev–Trinajstić information content (AvgIpc) is 2.38. The first-order valence-electron chi connectivity index (χ1n) is 6.92. The third-order valence-corrected chi connectivity index (χ3v) is 5.81. The first-order chi connectivity index (χ1) is 8.10. The van der Waals surface area contributed by atoms with Crippen molar-refractivity contribution in [1.29, 1.82) is 0 Å². The molecule has 1 fully saturated rings. The van der Waals surface area contributed by atoms with Gasteiger partial charge in [-0.15, -0.1) is 0 Å². The Bertz CT molecular complexity index is 210. The summed E-state index contributed by atoms with van der Waals surface area (Å²) in [5.41, 5.74) is 0.443. The molecule has 1 rings (SSSR count). The molecule has 0 aliphatic carbocycles. The number of ether oxygens (including phenoxy) is 1. The third-order valence-electron chi connectivity index (χ3n) is 4.62. The van der Waals surface area contributed by atoms with Crippen LogP contribution in [0.15, 0.2) is 0 Å². The fraction of sp³-hybridized carbons (Fsp3) is 1.00. The number of hydrogen-bond donors (Lipinski definition) is 0. The molecule has 0 bridgehead atoms. The number of rotatable bonds is 6. The van der Waals surface area contributed by atoms with E-state index in [-0.39, 0.29) is 0 Å². The summed E-state index contributed by atoms with van der Waals surface area (Å²) in [6, 6.07) is 0. The van der Waals surface area contributed by atoms with Crippen LogP contribution in [0.1, 0.15) is 40.0 Å². The number of methoxy groups -OCH3 is 1. The molecule has 0 amide bonds. The van der Waals surface area contributed by atoms with E-state index in [0.717, 1.165) is 11.9 Å². The second-order valence-electron chi connectivity index (χ2n) is 5.62. The quantitative estimate of drug-likeness (QED) is 0.696. The van der Waals surface area contributed by atoms with Gasteiger partial charge in [-0.3, -0.25) is 0 Å². The SMILES string of the molecule is CCC(CC)(CBr)CN1CCC(C)C(OC)C1. The Morgan fingerprint density at radius 3 is 2.47 bits per heavy atom. The van der Waals surface area contributed by atoms with Gasteiger partial charge in [-0.25, -0.2) is 0 Å². The molecule has 0 aromatic carbocycles. The number of halogens is 1. The number of nitrogens with zero attached hydrogens (tertiary/aromatic N) is 1. The van der Waals surface area contributed by atoms with E-state index in [1.54, 1.807) is 0 Å². The Kier molecular flexibility index (Phi) is 6.46. The van der Waals surface area contributed by atoms with Crippen LogP contribution < -0.4 is 0 Å². The molecule has 3 heteroatoms. The Balaban J connectivity index is 2.56. The number of piperidine rings is 1. The van der Waals surface area contributed by atoms with E-state index in [2.05, 4.69) is 41.6 Å². The van der Waals surface area contributed by atoms with Crippen LogP contribution in [0.5, 0.6) is 0 Å². The van der Waals surface area contributed by atoms with Crippen LogP contribution in [-0.2, 0) is 4.74 Å². The smallest absolute Gasteiger partial charge is 0.0724 e. The summed E-state index contributed by atoms with van der Waals surface area (Å²) in [4.78, 5) is 2.60. The van der Waals surface area contributed by atoms with Crippen molar-refractivity contribution in [3.63, 3.8) is 0 Å². The van der Waals surface area contributed by atoms with E-state index in [4.69, 9.17) is 4.74 Å². The molecule has 1 aliphatic rings. The second kappa shape index (κ2) is 7.10. The molecule has 0 saturated carbocycles. The predicted octanol–water partition coefficient (Wildman–Crippen LogP) is 3.54. The first-order valence-corrected chi connectivity index (χ1v) is 8.04. The molecule has 17 heavy (non-hydrogen) atoms. The number of likely N-dealkylation sites (tertiary alicyclic amines) is 1. The van der Waals surface area contributed by atoms with Gasteiger partial charge in [0.1, 0.15) is 0 Å². The second-order valence-corrected chi connectivity index (χ2v) is 6.18. The van der Waals surface area contributed by atoms with Gasteiger partial charge >= 0.3 is 0 Å². The zero-order chi connectivity index (χ0) is 12.9. The summed E-state index contributed by atoms with van der Waals surface area (Å²) in [6.07, 6.45) is 4.19. The van der Waals surface area contributed by atoms with E-state index in [9.17, 15) is 0 Å². The van der Waals surface area contributed by atoms with Crippen molar-refractivity contribution in [2.24, 2.45) is 11.3 Å². The minimum Gasteiger partial charge on any atom is -0.380 e. The molecule has 2 nitrogen and oxygen atoms in total. The van der Waals surface area contributed by atoms with Gasteiger partial charge in [0.2, 0.25) is 0 Å². The van der Waals surface area contributed by atoms with Gasteiger partial charge in [0.25, 0.3) is 0 Å². The Morgan fingerprint density at radius 2 is 2.00 bits per heavy atom. The van der Waals surface area contributed by atoms with Crippen LogP contribution in [0, 0.1) is 11.3 Å². The van der Waals surface area contributed by atoms with Crippen LogP contribution in [0.4, 0.5) is 0 Å². The highest BCUT2D eigenvalue weighted by Crippen LogP contribution is 2.31. The largest absolute Gasteiger partial charge is 0.380 e. The van der Waals surface area contributed by atoms with E-state index in [1.807, 2.05) is 7.11 Å².